The van der Waals surface area contributed by atoms with Crippen molar-refractivity contribution in [3.8, 4) is 0 Å². The summed E-state index contributed by atoms with van der Waals surface area (Å²) in [5.41, 5.74) is 0. The highest BCUT2D eigenvalue weighted by Crippen LogP contribution is 2.46. The second-order valence-corrected chi connectivity index (χ2v) is 12.2. The Morgan fingerprint density at radius 2 is 1.47 bits per heavy atom. The van der Waals surface area contributed by atoms with Gasteiger partial charge in [0.15, 0.2) is 0 Å². The molecule has 0 saturated carbocycles. The zero-order chi connectivity index (χ0) is 13.7. The van der Waals surface area contributed by atoms with Crippen molar-refractivity contribution in [3.63, 3.8) is 0 Å². The third-order valence-electron chi connectivity index (χ3n) is 3.63. The molecule has 0 spiro atoms. The Bertz CT molecular complexity index is 217. The molecule has 0 saturated heterocycles. The summed E-state index contributed by atoms with van der Waals surface area (Å²) < 4.78 is 6.19. The minimum atomic E-state index is -0.297. The number of rotatable bonds is 8. The molecule has 0 N–H and O–H groups in total. The van der Waals surface area contributed by atoms with Gasteiger partial charge in [0.2, 0.25) is 0 Å². The predicted molar refractivity (Wildman–Crippen MR) is 85.1 cm³/mol. The maximum Gasteiger partial charge on any atom is 0.0654 e. The van der Waals surface area contributed by atoms with Crippen LogP contribution >= 0.6 is 15.9 Å². The van der Waals surface area contributed by atoms with Gasteiger partial charge < -0.3 is 4.74 Å². The second-order valence-electron chi connectivity index (χ2n) is 6.47. The third kappa shape index (κ3) is 6.97. The monoisotopic (exact) mass is 322 g/mol. The number of alkyl halides is 1. The maximum atomic E-state index is 5.95. The number of halogens is 1. The lowest BCUT2D eigenvalue weighted by Crippen LogP contribution is -2.42. The van der Waals surface area contributed by atoms with E-state index in [1.165, 1.54) is 19.3 Å². The second kappa shape index (κ2) is 6.72. The summed E-state index contributed by atoms with van der Waals surface area (Å²) >= 11 is 3.82. The van der Waals surface area contributed by atoms with E-state index in [4.69, 9.17) is 4.74 Å². The van der Waals surface area contributed by atoms with Crippen molar-refractivity contribution >= 4 is 25.4 Å². The molecule has 0 amide bonds. The standard InChI is InChI=1S/C14H31BrOSi/c1-8-14(9-2,11-12(4,5)15)17-13(6,7)16-10-3/h8-11,17H2,1-7H3. The summed E-state index contributed by atoms with van der Waals surface area (Å²) in [7, 11) is -0.297. The van der Waals surface area contributed by atoms with Crippen LogP contribution in [0, 0.1) is 0 Å². The van der Waals surface area contributed by atoms with Crippen molar-refractivity contribution in [2.75, 3.05) is 6.61 Å². The SMILES string of the molecule is CCOC(C)(C)[SiH2]C(CC)(CC)CC(C)(C)Br. The molecule has 0 rings (SSSR count). The van der Waals surface area contributed by atoms with E-state index in [1.54, 1.807) is 0 Å². The Kier molecular flexibility index (Phi) is 6.98. The Morgan fingerprint density at radius 1 is 1.00 bits per heavy atom. The number of hydrogen-bond acceptors (Lipinski definition) is 1. The fourth-order valence-corrected chi connectivity index (χ4v) is 7.37. The van der Waals surface area contributed by atoms with Crippen LogP contribution in [0.25, 0.3) is 0 Å². The molecule has 1 nitrogen and oxygen atoms in total. The van der Waals surface area contributed by atoms with Crippen LogP contribution in [0.5, 0.6) is 0 Å². The van der Waals surface area contributed by atoms with E-state index in [0.717, 1.165) is 6.61 Å². The molecule has 0 heterocycles. The van der Waals surface area contributed by atoms with Crippen LogP contribution in [0.2, 0.25) is 5.04 Å². The summed E-state index contributed by atoms with van der Waals surface area (Å²) in [5, 5.41) is 0.644. The molecule has 0 fully saturated rings. The average molecular weight is 323 g/mol. The fraction of sp³-hybridized carbons (Fsp3) is 1.00. The van der Waals surface area contributed by atoms with Gasteiger partial charge in [0.05, 0.1) is 9.52 Å². The van der Waals surface area contributed by atoms with Gasteiger partial charge in [0, 0.05) is 16.2 Å². The zero-order valence-corrected chi connectivity index (χ0v) is 15.8. The lowest BCUT2D eigenvalue weighted by atomic mass is 9.91. The van der Waals surface area contributed by atoms with Crippen LogP contribution < -0.4 is 0 Å². The molecular formula is C14H31BrOSi. The largest absolute Gasteiger partial charge is 0.380 e. The molecule has 0 bridgehead atoms. The quantitative estimate of drug-likeness (QED) is 0.473. The molecular weight excluding hydrogens is 292 g/mol. The Hall–Kier alpha value is 0.657. The van der Waals surface area contributed by atoms with Crippen LogP contribution in [-0.2, 0) is 4.74 Å². The normalized spacial score (nSPS) is 14.8. The van der Waals surface area contributed by atoms with Gasteiger partial charge in [-0.15, -0.1) is 0 Å². The van der Waals surface area contributed by atoms with Crippen molar-refractivity contribution in [2.24, 2.45) is 0 Å². The number of ether oxygens (including phenoxy) is 1. The van der Waals surface area contributed by atoms with Crippen molar-refractivity contribution in [2.45, 2.75) is 82.3 Å². The Balaban J connectivity index is 4.83. The van der Waals surface area contributed by atoms with Crippen LogP contribution in [0.4, 0.5) is 0 Å². The minimum absolute atomic E-state index is 0.124. The van der Waals surface area contributed by atoms with Gasteiger partial charge in [-0.25, -0.2) is 0 Å². The highest BCUT2D eigenvalue weighted by atomic mass is 79.9. The molecule has 3 heteroatoms. The van der Waals surface area contributed by atoms with E-state index in [2.05, 4.69) is 64.4 Å². The molecule has 104 valence electrons. The van der Waals surface area contributed by atoms with Crippen LogP contribution in [0.3, 0.4) is 0 Å². The van der Waals surface area contributed by atoms with Crippen molar-refractivity contribution < 1.29 is 4.74 Å². The Labute approximate surface area is 119 Å². The Morgan fingerprint density at radius 3 is 1.76 bits per heavy atom. The molecule has 0 aliphatic heterocycles. The highest BCUT2D eigenvalue weighted by molar-refractivity contribution is 9.10. The van der Waals surface area contributed by atoms with Gasteiger partial charge in [0.1, 0.15) is 0 Å². The van der Waals surface area contributed by atoms with Gasteiger partial charge in [-0.05, 0) is 32.2 Å². The molecule has 0 unspecified atom stereocenters. The first-order valence-electron chi connectivity index (χ1n) is 6.92. The summed E-state index contributed by atoms with van der Waals surface area (Å²) in [6.45, 7) is 16.8. The summed E-state index contributed by atoms with van der Waals surface area (Å²) in [5.74, 6) is 0. The van der Waals surface area contributed by atoms with E-state index in [1.807, 2.05) is 0 Å². The summed E-state index contributed by atoms with van der Waals surface area (Å²) in [4.78, 5) is 0. The molecule has 17 heavy (non-hydrogen) atoms. The van der Waals surface area contributed by atoms with Crippen molar-refractivity contribution in [3.05, 3.63) is 0 Å². The molecule has 0 atom stereocenters. The summed E-state index contributed by atoms with van der Waals surface area (Å²) in [6.07, 6.45) is 3.82. The van der Waals surface area contributed by atoms with Crippen LogP contribution in [0.15, 0.2) is 0 Å². The van der Waals surface area contributed by atoms with E-state index >= 15 is 0 Å². The molecule has 0 aliphatic carbocycles. The first-order valence-corrected chi connectivity index (χ1v) is 9.13. The van der Waals surface area contributed by atoms with Crippen molar-refractivity contribution in [1.82, 2.24) is 0 Å². The molecule has 0 aliphatic rings. The van der Waals surface area contributed by atoms with Crippen molar-refractivity contribution in [1.29, 1.82) is 0 Å². The van der Waals surface area contributed by atoms with Gasteiger partial charge >= 0.3 is 0 Å². The molecule has 0 aromatic heterocycles. The minimum Gasteiger partial charge on any atom is -0.380 e. The van der Waals surface area contributed by atoms with E-state index < -0.39 is 0 Å². The summed E-state index contributed by atoms with van der Waals surface area (Å²) in [6, 6.07) is 0. The zero-order valence-electron chi connectivity index (χ0n) is 12.8. The third-order valence-corrected chi connectivity index (χ3v) is 6.97. The average Bonchev–Trinajstić information content (AvgIpc) is 2.13. The maximum absolute atomic E-state index is 5.95. The van der Waals surface area contributed by atoms with Gasteiger partial charge in [-0.3, -0.25) is 0 Å². The number of hydrogen-bond donors (Lipinski definition) is 0. The van der Waals surface area contributed by atoms with Gasteiger partial charge in [0.25, 0.3) is 0 Å². The fourth-order valence-electron chi connectivity index (χ4n) is 3.05. The van der Waals surface area contributed by atoms with E-state index in [0.29, 0.717) is 5.04 Å². The molecule has 0 aromatic rings. The smallest absolute Gasteiger partial charge is 0.0654 e. The first kappa shape index (κ1) is 17.7. The predicted octanol–water partition coefficient (Wildman–Crippen LogP) is 4.47. The lowest BCUT2D eigenvalue weighted by Gasteiger charge is -2.41. The molecule has 0 aromatic carbocycles. The van der Waals surface area contributed by atoms with Crippen LogP contribution in [0.1, 0.15) is 67.7 Å². The first-order chi connectivity index (χ1) is 7.60. The van der Waals surface area contributed by atoms with Crippen LogP contribution in [-0.4, -0.2) is 25.7 Å². The topological polar surface area (TPSA) is 9.23 Å². The van der Waals surface area contributed by atoms with Gasteiger partial charge in [-0.1, -0.05) is 56.5 Å². The van der Waals surface area contributed by atoms with E-state index in [-0.39, 0.29) is 19.1 Å². The van der Waals surface area contributed by atoms with Gasteiger partial charge in [-0.2, -0.15) is 0 Å². The molecule has 0 radical (unpaired) electrons. The van der Waals surface area contributed by atoms with E-state index in [9.17, 15) is 0 Å². The highest BCUT2D eigenvalue weighted by Gasteiger charge is 2.38. The lowest BCUT2D eigenvalue weighted by molar-refractivity contribution is 0.0490.